The zero-order valence-electron chi connectivity index (χ0n) is 35.9. The molecule has 0 radical (unpaired) electrons. The van der Waals surface area contributed by atoms with E-state index < -0.39 is 28.8 Å². The van der Waals surface area contributed by atoms with Crippen molar-refractivity contribution in [3.8, 4) is 17.2 Å². The lowest BCUT2D eigenvalue weighted by atomic mass is 9.87. The molecule has 17 heteroatoms. The number of aryl methyl sites for hydroxylation is 2. The number of halogens is 2. The van der Waals surface area contributed by atoms with E-state index in [9.17, 15) is 9.59 Å². The van der Waals surface area contributed by atoms with Gasteiger partial charge in [0, 0.05) is 47.9 Å². The van der Waals surface area contributed by atoms with E-state index in [1.165, 1.54) is 33.2 Å². The largest absolute Gasteiger partial charge is 0.438 e. The van der Waals surface area contributed by atoms with E-state index in [0.717, 1.165) is 48.9 Å². The molecule has 2 saturated carbocycles. The van der Waals surface area contributed by atoms with Crippen LogP contribution in [-0.2, 0) is 16.7 Å². The van der Waals surface area contributed by atoms with Crippen LogP contribution in [0, 0.1) is 31.4 Å². The molecule has 1 amide bonds. The van der Waals surface area contributed by atoms with Gasteiger partial charge in [-0.2, -0.15) is 10.2 Å². The third-order valence-corrected chi connectivity index (χ3v) is 15.3. The Labute approximate surface area is 368 Å². The molecular formula is C48H44F2N10O5. The number of carbonyl (C=O) groups excluding carboxylic acids is 1. The SMILES string of the molecule is Cc1cc(-n2nc3c(c2-n2ccn(-c4ccc5[nH]ncc5c4F)c2=O)[C@@H]2CC[C@H](C3)N2C(=O)c2cc3cc([C@H]4CCOC5(CC5)C4)ccc3n2[C@@]2(c3noc(=O)[nH]3)C[C@@H]2C)cc(C)c1F. The third kappa shape index (κ3) is 5.47. The van der Waals surface area contributed by atoms with E-state index in [4.69, 9.17) is 14.4 Å². The zero-order valence-corrected chi connectivity index (χ0v) is 35.9. The van der Waals surface area contributed by atoms with Crippen LogP contribution in [0.15, 0.2) is 81.2 Å². The third-order valence-electron chi connectivity index (χ3n) is 15.3. The summed E-state index contributed by atoms with van der Waals surface area (Å²) >= 11 is 0. The summed E-state index contributed by atoms with van der Waals surface area (Å²) in [5, 5.41) is 17.3. The van der Waals surface area contributed by atoms with E-state index in [1.807, 2.05) is 11.0 Å². The van der Waals surface area contributed by atoms with Crippen LogP contribution in [-0.4, -0.2) is 72.9 Å². The molecule has 5 atom stereocenters. The second kappa shape index (κ2) is 13.3. The number of hydrogen-bond donors (Lipinski definition) is 2. The summed E-state index contributed by atoms with van der Waals surface area (Å²) in [6.07, 6.45) is 10.9. The molecule has 2 bridgehead atoms. The molecule has 3 aliphatic heterocycles. The molecule has 4 fully saturated rings. The summed E-state index contributed by atoms with van der Waals surface area (Å²) in [6.45, 7) is 6.18. The van der Waals surface area contributed by atoms with Crippen LogP contribution in [0.2, 0.25) is 0 Å². The molecule has 15 nitrogen and oxygen atoms in total. The van der Waals surface area contributed by atoms with Gasteiger partial charge in [-0.25, -0.2) is 23.1 Å². The van der Waals surface area contributed by atoms with Crippen molar-refractivity contribution in [2.45, 2.75) is 101 Å². The Morgan fingerprint density at radius 1 is 0.938 bits per heavy atom. The van der Waals surface area contributed by atoms with Gasteiger partial charge < -0.3 is 14.2 Å². The molecular weight excluding hydrogens is 835 g/mol. The highest BCUT2D eigenvalue weighted by Gasteiger charge is 2.60. The number of nitrogens with one attached hydrogen (secondary N) is 2. The summed E-state index contributed by atoms with van der Waals surface area (Å²) < 4.78 is 48.8. The molecule has 2 saturated heterocycles. The van der Waals surface area contributed by atoms with Crippen molar-refractivity contribution in [1.29, 1.82) is 0 Å². The number of hydrogen-bond acceptors (Lipinski definition) is 8. The number of carbonyl (C=O) groups is 1. The molecule has 65 heavy (non-hydrogen) atoms. The van der Waals surface area contributed by atoms with E-state index in [2.05, 4.69) is 50.0 Å². The number of fused-ring (bicyclic) bond motifs is 6. The maximum absolute atomic E-state index is 16.0. The summed E-state index contributed by atoms with van der Waals surface area (Å²) in [4.78, 5) is 47.7. The molecule has 3 aromatic carbocycles. The Kier molecular flexibility index (Phi) is 7.92. The number of benzene rings is 3. The van der Waals surface area contributed by atoms with Crippen LogP contribution in [0.4, 0.5) is 8.78 Å². The fraction of sp³-hybridized carbons (Fsp3) is 0.375. The van der Waals surface area contributed by atoms with Crippen molar-refractivity contribution in [3.63, 3.8) is 0 Å². The number of H-pyrrole nitrogens is 2. The highest BCUT2D eigenvalue weighted by atomic mass is 19.1. The van der Waals surface area contributed by atoms with Crippen molar-refractivity contribution < 1.29 is 22.8 Å². The monoisotopic (exact) mass is 878 g/mol. The lowest BCUT2D eigenvalue weighted by Crippen LogP contribution is -2.43. The lowest BCUT2D eigenvalue weighted by molar-refractivity contribution is -0.0132. The molecule has 0 unspecified atom stereocenters. The quantitative estimate of drug-likeness (QED) is 0.168. The normalized spacial score (nSPS) is 24.1. The minimum absolute atomic E-state index is 0.0107. The molecule has 5 aromatic heterocycles. The predicted molar refractivity (Wildman–Crippen MR) is 233 cm³/mol. The minimum atomic E-state index is -0.837. The van der Waals surface area contributed by atoms with Crippen molar-refractivity contribution in [3.05, 3.63) is 139 Å². The molecule has 330 valence electrons. The van der Waals surface area contributed by atoms with Gasteiger partial charge in [0.15, 0.2) is 11.6 Å². The van der Waals surface area contributed by atoms with E-state index in [-0.39, 0.29) is 40.4 Å². The molecule has 8 aromatic rings. The first-order chi connectivity index (χ1) is 31.4. The van der Waals surface area contributed by atoms with Crippen LogP contribution in [0.25, 0.3) is 39.0 Å². The zero-order chi connectivity index (χ0) is 44.3. The highest BCUT2D eigenvalue weighted by Crippen LogP contribution is 2.57. The van der Waals surface area contributed by atoms with Crippen LogP contribution >= 0.6 is 0 Å². The van der Waals surface area contributed by atoms with Gasteiger partial charge in [-0.3, -0.25) is 28.5 Å². The number of nitrogens with zero attached hydrogens (tertiary/aromatic N) is 8. The van der Waals surface area contributed by atoms with Gasteiger partial charge in [-0.1, -0.05) is 18.1 Å². The maximum Gasteiger partial charge on any atom is 0.438 e. The smallest absolute Gasteiger partial charge is 0.375 e. The van der Waals surface area contributed by atoms with Gasteiger partial charge in [0.05, 0.1) is 45.8 Å². The Morgan fingerprint density at radius 2 is 1.74 bits per heavy atom. The Hall–Kier alpha value is -6.88. The molecule has 1 spiro atoms. The second-order valence-corrected chi connectivity index (χ2v) is 19.1. The van der Waals surface area contributed by atoms with E-state index >= 15 is 13.6 Å². The van der Waals surface area contributed by atoms with Crippen molar-refractivity contribution in [2.75, 3.05) is 6.61 Å². The van der Waals surface area contributed by atoms with Gasteiger partial charge in [0.2, 0.25) is 0 Å². The van der Waals surface area contributed by atoms with Crippen LogP contribution in [0.5, 0.6) is 0 Å². The van der Waals surface area contributed by atoms with Gasteiger partial charge in [0.25, 0.3) is 5.91 Å². The van der Waals surface area contributed by atoms with Crippen LogP contribution in [0.3, 0.4) is 0 Å². The lowest BCUT2D eigenvalue weighted by Gasteiger charge is -2.35. The van der Waals surface area contributed by atoms with Crippen molar-refractivity contribution in [1.82, 2.24) is 48.7 Å². The minimum Gasteiger partial charge on any atom is -0.375 e. The fourth-order valence-electron chi connectivity index (χ4n) is 11.8. The van der Waals surface area contributed by atoms with Gasteiger partial charge in [-0.15, -0.1) is 0 Å². The number of ether oxygens (including phenoxy) is 1. The molecule has 13 rings (SSSR count). The predicted octanol–water partition coefficient (Wildman–Crippen LogP) is 7.33. The summed E-state index contributed by atoms with van der Waals surface area (Å²) in [5.74, 6) is -0.683. The molecule has 5 aliphatic rings. The standard InChI is InChI=1S/C48H44F2N10O5/c1-24-16-31(17-25(2)40(24)49)60-42(57-14-13-56(46(57)63)37-9-6-33-32(41(37)50)23-51-53-33)39-34(54-60)20-30-5-8-36(39)58(30)43(61)38-19-29-18-27(28-10-15-64-47(22-28)11-12-47)4-7-35(29)59(38)48(21-26(48)3)44-52-45(62)65-55-44/h4,6-7,9,13-14,16-19,23,26,28,30,36H,5,8,10-12,15,20-22H2,1-3H3,(H,51,53)(H,52,55,62)/t26-,28-,30+,36-,48-/m0/s1. The molecule has 8 heterocycles. The molecule has 2 N–H and O–H groups in total. The van der Waals surface area contributed by atoms with Crippen LogP contribution in [0.1, 0.15) is 108 Å². The van der Waals surface area contributed by atoms with Crippen molar-refractivity contribution in [2.24, 2.45) is 5.92 Å². The van der Waals surface area contributed by atoms with Gasteiger partial charge in [-0.05, 0) is 130 Å². The van der Waals surface area contributed by atoms with Gasteiger partial charge in [0.1, 0.15) is 22.9 Å². The first kappa shape index (κ1) is 38.6. The summed E-state index contributed by atoms with van der Waals surface area (Å²) in [5.41, 5.74) is 4.47. The first-order valence-electron chi connectivity index (χ1n) is 22.4. The number of imidazole rings is 1. The first-order valence-corrected chi connectivity index (χ1v) is 22.4. The number of amides is 1. The Bertz CT molecular complexity index is 3430. The number of aromatic amines is 2. The van der Waals surface area contributed by atoms with Crippen LogP contribution < -0.4 is 11.4 Å². The second-order valence-electron chi connectivity index (χ2n) is 19.1. The molecule has 2 aliphatic carbocycles. The Morgan fingerprint density at radius 3 is 2.49 bits per heavy atom. The van der Waals surface area contributed by atoms with E-state index in [0.29, 0.717) is 76.8 Å². The highest BCUT2D eigenvalue weighted by molar-refractivity contribution is 6.00. The average molecular weight is 879 g/mol. The summed E-state index contributed by atoms with van der Waals surface area (Å²) in [7, 11) is 0. The Balaban J connectivity index is 0.970. The number of aromatic nitrogens is 9. The topological polar surface area (TPSA) is 167 Å². The van der Waals surface area contributed by atoms with Gasteiger partial charge >= 0.3 is 11.4 Å². The number of rotatable bonds is 7. The summed E-state index contributed by atoms with van der Waals surface area (Å²) in [6, 6.07) is 14.3. The maximum atomic E-state index is 16.0. The fourth-order valence-corrected chi connectivity index (χ4v) is 11.8. The van der Waals surface area contributed by atoms with E-state index in [1.54, 1.807) is 42.9 Å². The van der Waals surface area contributed by atoms with Crippen molar-refractivity contribution >= 4 is 27.7 Å². The average Bonchev–Trinajstić information content (AvgIpc) is 3.73.